The van der Waals surface area contributed by atoms with Crippen molar-refractivity contribution in [3.8, 4) is 0 Å². The Balaban J connectivity index is 2.47. The molecule has 0 fully saturated rings. The number of esters is 1. The van der Waals surface area contributed by atoms with E-state index in [1.54, 1.807) is 6.07 Å². The molecule has 0 aromatic carbocycles. The summed E-state index contributed by atoms with van der Waals surface area (Å²) in [6.07, 6.45) is 0.894. The molecule has 0 atom stereocenters. The third-order valence-corrected chi connectivity index (χ3v) is 3.13. The summed E-state index contributed by atoms with van der Waals surface area (Å²) in [6.45, 7) is 6.57. The molecule has 84 valence electrons. The number of nitrogen functional groups attached to an aromatic ring is 1. The molecule has 0 saturated carbocycles. The van der Waals surface area contributed by atoms with Gasteiger partial charge < -0.3 is 10.5 Å². The van der Waals surface area contributed by atoms with E-state index in [0.29, 0.717) is 23.1 Å². The van der Waals surface area contributed by atoms with Crippen molar-refractivity contribution in [1.29, 1.82) is 0 Å². The first-order valence-electron chi connectivity index (χ1n) is 5.03. The van der Waals surface area contributed by atoms with Gasteiger partial charge in [0.05, 0.1) is 6.61 Å². The predicted molar refractivity (Wildman–Crippen MR) is 63.2 cm³/mol. The van der Waals surface area contributed by atoms with E-state index >= 15 is 0 Å². The summed E-state index contributed by atoms with van der Waals surface area (Å²) in [6, 6.07) is 1.68. The smallest absolute Gasteiger partial charge is 0.348 e. The van der Waals surface area contributed by atoms with Crippen LogP contribution >= 0.6 is 11.3 Å². The lowest BCUT2D eigenvalue weighted by Crippen LogP contribution is -2.06. The van der Waals surface area contributed by atoms with Gasteiger partial charge in [-0.3, -0.25) is 0 Å². The Hall–Kier alpha value is -1.03. The average molecular weight is 227 g/mol. The molecule has 15 heavy (non-hydrogen) atoms. The number of hydrogen-bond donors (Lipinski definition) is 1. The highest BCUT2D eigenvalue weighted by Crippen LogP contribution is 2.24. The zero-order valence-electron chi connectivity index (χ0n) is 9.37. The van der Waals surface area contributed by atoms with Gasteiger partial charge in [-0.2, -0.15) is 0 Å². The van der Waals surface area contributed by atoms with Crippen LogP contribution in [-0.2, 0) is 4.74 Å². The Labute approximate surface area is 94.2 Å². The third kappa shape index (κ3) is 3.55. The first-order valence-corrected chi connectivity index (χ1v) is 5.85. The van der Waals surface area contributed by atoms with Crippen molar-refractivity contribution in [3.05, 3.63) is 15.8 Å². The van der Waals surface area contributed by atoms with E-state index < -0.39 is 0 Å². The zero-order chi connectivity index (χ0) is 11.4. The zero-order valence-corrected chi connectivity index (χ0v) is 10.2. The second-order valence-electron chi connectivity index (χ2n) is 3.94. The lowest BCUT2D eigenvalue weighted by molar-refractivity contribution is 0.0494. The van der Waals surface area contributed by atoms with Gasteiger partial charge in [-0.15, -0.1) is 11.3 Å². The van der Waals surface area contributed by atoms with Gasteiger partial charge in [0.25, 0.3) is 0 Å². The van der Waals surface area contributed by atoms with Gasteiger partial charge in [-0.05, 0) is 25.3 Å². The minimum absolute atomic E-state index is 0.263. The molecule has 1 aromatic rings. The number of carbonyl (C=O) groups is 1. The summed E-state index contributed by atoms with van der Waals surface area (Å²) >= 11 is 1.38. The van der Waals surface area contributed by atoms with E-state index in [1.165, 1.54) is 11.3 Å². The number of thiophene rings is 1. The fourth-order valence-electron chi connectivity index (χ4n) is 1.06. The van der Waals surface area contributed by atoms with Crippen LogP contribution in [0.3, 0.4) is 0 Å². The van der Waals surface area contributed by atoms with Crippen LogP contribution < -0.4 is 5.73 Å². The van der Waals surface area contributed by atoms with Crippen molar-refractivity contribution in [2.75, 3.05) is 12.3 Å². The van der Waals surface area contributed by atoms with Crippen molar-refractivity contribution in [3.63, 3.8) is 0 Å². The van der Waals surface area contributed by atoms with E-state index in [0.717, 1.165) is 11.3 Å². The van der Waals surface area contributed by atoms with Gasteiger partial charge in [0, 0.05) is 10.6 Å². The number of rotatable bonds is 4. The van der Waals surface area contributed by atoms with Crippen molar-refractivity contribution < 1.29 is 9.53 Å². The molecule has 0 aliphatic heterocycles. The Morgan fingerprint density at radius 2 is 2.27 bits per heavy atom. The van der Waals surface area contributed by atoms with Crippen LogP contribution in [0.4, 0.5) is 5.69 Å². The summed E-state index contributed by atoms with van der Waals surface area (Å²) in [5.41, 5.74) is 6.32. The van der Waals surface area contributed by atoms with Crippen LogP contribution in [0.5, 0.6) is 0 Å². The second-order valence-corrected chi connectivity index (χ2v) is 5.20. The van der Waals surface area contributed by atoms with Gasteiger partial charge in [0.15, 0.2) is 0 Å². The Bertz CT molecular complexity index is 325. The van der Waals surface area contributed by atoms with Gasteiger partial charge in [-0.25, -0.2) is 4.79 Å². The standard InChI is InChI=1S/C11H17NO2S/c1-7(2)4-5-14-11(13)10-6-9(12)8(3)15-10/h6-7H,4-5,12H2,1-3H3. The molecule has 3 nitrogen and oxygen atoms in total. The molecule has 1 heterocycles. The average Bonchev–Trinajstić information content (AvgIpc) is 2.46. The van der Waals surface area contributed by atoms with E-state index in [1.807, 2.05) is 6.92 Å². The molecule has 0 unspecified atom stereocenters. The van der Waals surface area contributed by atoms with Crippen LogP contribution in [0.2, 0.25) is 0 Å². The number of ether oxygens (including phenoxy) is 1. The molecule has 0 saturated heterocycles. The highest BCUT2D eigenvalue weighted by molar-refractivity contribution is 7.14. The summed E-state index contributed by atoms with van der Waals surface area (Å²) in [7, 11) is 0. The molecular formula is C11H17NO2S. The first-order chi connectivity index (χ1) is 7.00. The van der Waals surface area contributed by atoms with Crippen LogP contribution in [0, 0.1) is 12.8 Å². The van der Waals surface area contributed by atoms with Crippen LogP contribution in [0.25, 0.3) is 0 Å². The number of carbonyl (C=O) groups excluding carboxylic acids is 1. The Morgan fingerprint density at radius 1 is 1.60 bits per heavy atom. The number of hydrogen-bond acceptors (Lipinski definition) is 4. The molecule has 0 amide bonds. The highest BCUT2D eigenvalue weighted by Gasteiger charge is 2.12. The van der Waals surface area contributed by atoms with Crippen molar-refractivity contribution in [1.82, 2.24) is 0 Å². The monoisotopic (exact) mass is 227 g/mol. The molecule has 1 rings (SSSR count). The molecule has 0 bridgehead atoms. The van der Waals surface area contributed by atoms with Crippen LogP contribution in [0.15, 0.2) is 6.07 Å². The second kappa shape index (κ2) is 5.16. The van der Waals surface area contributed by atoms with E-state index in [4.69, 9.17) is 10.5 Å². The van der Waals surface area contributed by atoms with Gasteiger partial charge in [0.1, 0.15) is 4.88 Å². The number of anilines is 1. The molecular weight excluding hydrogens is 210 g/mol. The Kier molecular flexibility index (Phi) is 4.15. The first kappa shape index (κ1) is 12.0. The maximum Gasteiger partial charge on any atom is 0.348 e. The molecule has 0 aliphatic carbocycles. The predicted octanol–water partition coefficient (Wildman–Crippen LogP) is 2.84. The van der Waals surface area contributed by atoms with E-state index in [9.17, 15) is 4.79 Å². The quantitative estimate of drug-likeness (QED) is 0.805. The summed E-state index contributed by atoms with van der Waals surface area (Å²) in [5.74, 6) is 0.286. The SMILES string of the molecule is Cc1sc(C(=O)OCCC(C)C)cc1N. The largest absolute Gasteiger partial charge is 0.461 e. The minimum Gasteiger partial charge on any atom is -0.461 e. The summed E-state index contributed by atoms with van der Waals surface area (Å²) in [5, 5.41) is 0. The molecule has 0 spiro atoms. The minimum atomic E-state index is -0.263. The molecule has 2 N–H and O–H groups in total. The lowest BCUT2D eigenvalue weighted by Gasteiger charge is -2.04. The fraction of sp³-hybridized carbons (Fsp3) is 0.545. The molecule has 4 heteroatoms. The summed E-state index contributed by atoms with van der Waals surface area (Å²) in [4.78, 5) is 13.1. The molecule has 0 aliphatic rings. The summed E-state index contributed by atoms with van der Waals surface area (Å²) < 4.78 is 5.12. The molecule has 0 radical (unpaired) electrons. The molecule has 1 aromatic heterocycles. The van der Waals surface area contributed by atoms with E-state index in [-0.39, 0.29) is 5.97 Å². The number of nitrogens with two attached hydrogens (primary N) is 1. The maximum atomic E-state index is 11.5. The van der Waals surface area contributed by atoms with Gasteiger partial charge in [0.2, 0.25) is 0 Å². The Morgan fingerprint density at radius 3 is 2.73 bits per heavy atom. The van der Waals surface area contributed by atoms with E-state index in [2.05, 4.69) is 13.8 Å². The van der Waals surface area contributed by atoms with Crippen molar-refractivity contribution in [2.24, 2.45) is 5.92 Å². The maximum absolute atomic E-state index is 11.5. The van der Waals surface area contributed by atoms with Crippen LogP contribution in [0.1, 0.15) is 34.8 Å². The van der Waals surface area contributed by atoms with Crippen molar-refractivity contribution in [2.45, 2.75) is 27.2 Å². The highest BCUT2D eigenvalue weighted by atomic mass is 32.1. The normalized spacial score (nSPS) is 10.7. The number of aryl methyl sites for hydroxylation is 1. The van der Waals surface area contributed by atoms with Gasteiger partial charge in [-0.1, -0.05) is 13.8 Å². The topological polar surface area (TPSA) is 52.3 Å². The van der Waals surface area contributed by atoms with Gasteiger partial charge >= 0.3 is 5.97 Å². The lowest BCUT2D eigenvalue weighted by atomic mass is 10.1. The van der Waals surface area contributed by atoms with Crippen molar-refractivity contribution >= 4 is 23.0 Å². The van der Waals surface area contributed by atoms with Crippen LogP contribution in [-0.4, -0.2) is 12.6 Å². The fourth-order valence-corrected chi connectivity index (χ4v) is 1.89. The third-order valence-electron chi connectivity index (χ3n) is 2.09.